The second kappa shape index (κ2) is 5.53. The number of hydrogen-bond donors (Lipinski definition) is 2. The SMILES string of the molecule is CC(C)COC(=O)NC1C=CC(C(=O)O)C1. The maximum Gasteiger partial charge on any atom is 0.407 e. The van der Waals surface area contributed by atoms with E-state index in [4.69, 9.17) is 9.84 Å². The Hall–Kier alpha value is -1.52. The zero-order chi connectivity index (χ0) is 12.1. The molecule has 0 bridgehead atoms. The predicted molar refractivity (Wildman–Crippen MR) is 58.0 cm³/mol. The van der Waals surface area contributed by atoms with Gasteiger partial charge in [-0.05, 0) is 12.3 Å². The van der Waals surface area contributed by atoms with Crippen LogP contribution in [0.15, 0.2) is 12.2 Å². The number of carbonyl (C=O) groups is 2. The van der Waals surface area contributed by atoms with E-state index in [0.29, 0.717) is 13.0 Å². The Bertz CT molecular complexity index is 298. The van der Waals surface area contributed by atoms with Crippen LogP contribution in [-0.2, 0) is 9.53 Å². The number of alkyl carbamates (subject to hydrolysis) is 1. The molecule has 0 heterocycles. The molecule has 1 aliphatic rings. The molecule has 0 aliphatic heterocycles. The van der Waals surface area contributed by atoms with Crippen LogP contribution in [0, 0.1) is 11.8 Å². The molecule has 1 aliphatic carbocycles. The molecule has 16 heavy (non-hydrogen) atoms. The molecule has 2 unspecified atom stereocenters. The summed E-state index contributed by atoms with van der Waals surface area (Å²) >= 11 is 0. The van der Waals surface area contributed by atoms with E-state index in [1.165, 1.54) is 0 Å². The van der Waals surface area contributed by atoms with Crippen LogP contribution >= 0.6 is 0 Å². The minimum atomic E-state index is -0.865. The van der Waals surface area contributed by atoms with Crippen LogP contribution < -0.4 is 5.32 Å². The molecule has 1 rings (SSSR count). The second-order valence-corrected chi connectivity index (χ2v) is 4.31. The van der Waals surface area contributed by atoms with Crippen LogP contribution in [0.25, 0.3) is 0 Å². The van der Waals surface area contributed by atoms with Gasteiger partial charge in [-0.3, -0.25) is 4.79 Å². The molecule has 0 radical (unpaired) electrons. The van der Waals surface area contributed by atoms with Gasteiger partial charge in [0.15, 0.2) is 0 Å². The van der Waals surface area contributed by atoms with Crippen LogP contribution in [0.5, 0.6) is 0 Å². The van der Waals surface area contributed by atoms with E-state index in [1.54, 1.807) is 12.2 Å². The van der Waals surface area contributed by atoms with Gasteiger partial charge in [-0.2, -0.15) is 0 Å². The molecule has 0 aromatic heterocycles. The summed E-state index contributed by atoms with van der Waals surface area (Å²) < 4.78 is 4.93. The van der Waals surface area contributed by atoms with Crippen molar-refractivity contribution in [3.8, 4) is 0 Å². The predicted octanol–water partition coefficient (Wildman–Crippen LogP) is 1.40. The van der Waals surface area contributed by atoms with Crippen molar-refractivity contribution in [3.05, 3.63) is 12.2 Å². The maximum absolute atomic E-state index is 11.3. The largest absolute Gasteiger partial charge is 0.481 e. The fourth-order valence-corrected chi connectivity index (χ4v) is 1.42. The van der Waals surface area contributed by atoms with E-state index in [-0.39, 0.29) is 12.0 Å². The Balaban J connectivity index is 2.27. The number of ether oxygens (including phenoxy) is 1. The first-order valence-electron chi connectivity index (χ1n) is 5.33. The summed E-state index contributed by atoms with van der Waals surface area (Å²) in [4.78, 5) is 21.9. The molecule has 90 valence electrons. The smallest absolute Gasteiger partial charge is 0.407 e. The van der Waals surface area contributed by atoms with Gasteiger partial charge in [-0.25, -0.2) is 4.79 Å². The van der Waals surface area contributed by atoms with E-state index in [1.807, 2.05) is 13.8 Å². The molecule has 2 N–H and O–H groups in total. The van der Waals surface area contributed by atoms with Crippen LogP contribution in [0.4, 0.5) is 4.79 Å². The van der Waals surface area contributed by atoms with Crippen LogP contribution in [0.3, 0.4) is 0 Å². The summed E-state index contributed by atoms with van der Waals surface area (Å²) in [7, 11) is 0. The number of carbonyl (C=O) groups excluding carboxylic acids is 1. The van der Waals surface area contributed by atoms with Crippen molar-refractivity contribution in [1.82, 2.24) is 5.32 Å². The van der Waals surface area contributed by atoms with Crippen molar-refractivity contribution in [2.75, 3.05) is 6.61 Å². The fraction of sp³-hybridized carbons (Fsp3) is 0.636. The first-order chi connectivity index (χ1) is 7.49. The van der Waals surface area contributed by atoms with Crippen molar-refractivity contribution in [1.29, 1.82) is 0 Å². The Labute approximate surface area is 94.5 Å². The third-order valence-electron chi connectivity index (χ3n) is 2.25. The molecule has 5 nitrogen and oxygen atoms in total. The highest BCUT2D eigenvalue weighted by molar-refractivity contribution is 5.74. The monoisotopic (exact) mass is 227 g/mol. The van der Waals surface area contributed by atoms with Gasteiger partial charge in [0.1, 0.15) is 0 Å². The highest BCUT2D eigenvalue weighted by atomic mass is 16.5. The fourth-order valence-electron chi connectivity index (χ4n) is 1.42. The van der Waals surface area contributed by atoms with Gasteiger partial charge in [0.05, 0.1) is 18.6 Å². The molecular formula is C11H17NO4. The van der Waals surface area contributed by atoms with E-state index < -0.39 is 18.0 Å². The summed E-state index contributed by atoms with van der Waals surface area (Å²) in [6.45, 7) is 4.26. The number of aliphatic carboxylic acids is 1. The summed E-state index contributed by atoms with van der Waals surface area (Å²) in [5.74, 6) is -1.08. The van der Waals surface area contributed by atoms with Gasteiger partial charge in [-0.1, -0.05) is 26.0 Å². The molecule has 5 heteroatoms. The third kappa shape index (κ3) is 3.92. The quantitative estimate of drug-likeness (QED) is 0.712. The van der Waals surface area contributed by atoms with Crippen molar-refractivity contribution in [3.63, 3.8) is 0 Å². The van der Waals surface area contributed by atoms with E-state index in [0.717, 1.165) is 0 Å². The van der Waals surface area contributed by atoms with Crippen LogP contribution in [0.1, 0.15) is 20.3 Å². The summed E-state index contributed by atoms with van der Waals surface area (Å²) in [6, 6.07) is -0.235. The van der Waals surface area contributed by atoms with Crippen LogP contribution in [-0.4, -0.2) is 29.8 Å². The molecule has 1 amide bonds. The Morgan fingerprint density at radius 3 is 2.69 bits per heavy atom. The van der Waals surface area contributed by atoms with Gasteiger partial charge >= 0.3 is 12.1 Å². The molecule has 0 aromatic rings. The minimum Gasteiger partial charge on any atom is -0.481 e. The van der Waals surface area contributed by atoms with Crippen LogP contribution in [0.2, 0.25) is 0 Å². The third-order valence-corrected chi connectivity index (χ3v) is 2.25. The minimum absolute atomic E-state index is 0.235. The zero-order valence-corrected chi connectivity index (χ0v) is 9.47. The molecule has 0 saturated heterocycles. The van der Waals surface area contributed by atoms with E-state index in [2.05, 4.69) is 5.32 Å². The van der Waals surface area contributed by atoms with Crippen molar-refractivity contribution in [2.24, 2.45) is 11.8 Å². The highest BCUT2D eigenvalue weighted by Gasteiger charge is 2.25. The number of nitrogens with one attached hydrogen (secondary N) is 1. The lowest BCUT2D eigenvalue weighted by Crippen LogP contribution is -2.34. The second-order valence-electron chi connectivity index (χ2n) is 4.31. The average Bonchev–Trinajstić information content (AvgIpc) is 2.63. The number of carboxylic acid groups (broad SMARTS) is 1. The lowest BCUT2D eigenvalue weighted by Gasteiger charge is -2.13. The number of amides is 1. The molecule has 0 spiro atoms. The lowest BCUT2D eigenvalue weighted by atomic mass is 10.1. The molecule has 2 atom stereocenters. The number of carboxylic acids is 1. The van der Waals surface area contributed by atoms with E-state index in [9.17, 15) is 9.59 Å². The Morgan fingerprint density at radius 2 is 2.19 bits per heavy atom. The standard InChI is InChI=1S/C11H17NO4/c1-7(2)6-16-11(15)12-9-4-3-8(5-9)10(13)14/h3-4,7-9H,5-6H2,1-2H3,(H,12,15)(H,13,14). The Kier molecular flexibility index (Phi) is 4.34. The zero-order valence-electron chi connectivity index (χ0n) is 9.47. The van der Waals surface area contributed by atoms with Gasteiger partial charge in [0, 0.05) is 0 Å². The first kappa shape index (κ1) is 12.5. The van der Waals surface area contributed by atoms with Gasteiger partial charge in [0.25, 0.3) is 0 Å². The lowest BCUT2D eigenvalue weighted by molar-refractivity contribution is -0.140. The van der Waals surface area contributed by atoms with Crippen molar-refractivity contribution >= 4 is 12.1 Å². The van der Waals surface area contributed by atoms with Gasteiger partial charge in [-0.15, -0.1) is 0 Å². The Morgan fingerprint density at radius 1 is 1.50 bits per heavy atom. The summed E-state index contributed by atoms with van der Waals surface area (Å²) in [5.41, 5.74) is 0. The van der Waals surface area contributed by atoms with Crippen molar-refractivity contribution in [2.45, 2.75) is 26.3 Å². The van der Waals surface area contributed by atoms with E-state index >= 15 is 0 Å². The van der Waals surface area contributed by atoms with Gasteiger partial charge < -0.3 is 15.2 Å². The first-order valence-corrected chi connectivity index (χ1v) is 5.33. The normalized spacial score (nSPS) is 23.4. The van der Waals surface area contributed by atoms with Crippen molar-refractivity contribution < 1.29 is 19.4 Å². The molecule has 0 saturated carbocycles. The maximum atomic E-state index is 11.3. The number of hydrogen-bond acceptors (Lipinski definition) is 3. The molecule has 0 fully saturated rings. The number of rotatable bonds is 4. The van der Waals surface area contributed by atoms with Gasteiger partial charge in [0.2, 0.25) is 0 Å². The summed E-state index contributed by atoms with van der Waals surface area (Å²) in [6.07, 6.45) is 3.19. The average molecular weight is 227 g/mol. The highest BCUT2D eigenvalue weighted by Crippen LogP contribution is 2.17. The molecule has 0 aromatic carbocycles. The topological polar surface area (TPSA) is 75.6 Å². The summed E-state index contributed by atoms with van der Waals surface area (Å²) in [5, 5.41) is 11.4. The molecular weight excluding hydrogens is 210 g/mol.